The summed E-state index contributed by atoms with van der Waals surface area (Å²) in [6.07, 6.45) is 2.45. The average Bonchev–Trinajstić information content (AvgIpc) is 2.84. The van der Waals surface area contributed by atoms with E-state index >= 15 is 0 Å². The zero-order valence-corrected chi connectivity index (χ0v) is 20.0. The molecule has 6 heteroatoms. The Balaban J connectivity index is 1.18. The summed E-state index contributed by atoms with van der Waals surface area (Å²) < 4.78 is 13.2. The van der Waals surface area contributed by atoms with Gasteiger partial charge in [0.1, 0.15) is 5.82 Å². The highest BCUT2D eigenvalue weighted by Crippen LogP contribution is 2.48. The number of likely N-dealkylation sites (tertiary alicyclic amines) is 1. The summed E-state index contributed by atoms with van der Waals surface area (Å²) in [6, 6.07) is 21.0. The van der Waals surface area contributed by atoms with Gasteiger partial charge >= 0.3 is 0 Å². The maximum Gasteiger partial charge on any atom is 0.123 e. The van der Waals surface area contributed by atoms with Gasteiger partial charge in [0, 0.05) is 21.4 Å². The van der Waals surface area contributed by atoms with Crippen LogP contribution >= 0.6 is 23.4 Å². The Morgan fingerprint density at radius 3 is 2.45 bits per heavy atom. The number of halogens is 2. The summed E-state index contributed by atoms with van der Waals surface area (Å²) in [4.78, 5) is 7.42. The molecule has 2 aliphatic rings. The lowest BCUT2D eigenvalue weighted by Crippen LogP contribution is -2.37. The van der Waals surface area contributed by atoms with Gasteiger partial charge in [0.15, 0.2) is 0 Å². The summed E-state index contributed by atoms with van der Waals surface area (Å²) in [5.41, 5.74) is 3.25. The lowest BCUT2D eigenvalue weighted by molar-refractivity contribution is 0.0587. The smallest absolute Gasteiger partial charge is 0.123 e. The van der Waals surface area contributed by atoms with Crippen molar-refractivity contribution in [2.45, 2.75) is 35.2 Å². The number of nitrogens with zero attached hydrogens (tertiary/aromatic N) is 2. The van der Waals surface area contributed by atoms with Gasteiger partial charge in [-0.15, -0.1) is 0 Å². The van der Waals surface area contributed by atoms with Crippen molar-refractivity contribution in [2.24, 2.45) is 5.92 Å². The van der Waals surface area contributed by atoms with E-state index in [2.05, 4.69) is 46.2 Å². The van der Waals surface area contributed by atoms with Gasteiger partial charge in [-0.2, -0.15) is 0 Å². The predicted octanol–water partition coefficient (Wildman–Crippen LogP) is 6.92. The number of benzene rings is 3. The fourth-order valence-electron chi connectivity index (χ4n) is 4.92. The Kier molecular flexibility index (Phi) is 6.93. The molecule has 1 saturated heterocycles. The number of para-hydroxylation sites is 1. The molecule has 3 aromatic carbocycles. The van der Waals surface area contributed by atoms with Gasteiger partial charge < -0.3 is 14.9 Å². The highest BCUT2D eigenvalue weighted by atomic mass is 35.5. The van der Waals surface area contributed by atoms with Crippen LogP contribution in [0.15, 0.2) is 76.5 Å². The van der Waals surface area contributed by atoms with Gasteiger partial charge in [-0.25, -0.2) is 4.39 Å². The number of rotatable bonds is 6. The van der Waals surface area contributed by atoms with Gasteiger partial charge in [0.05, 0.1) is 17.5 Å². The average molecular weight is 483 g/mol. The van der Waals surface area contributed by atoms with E-state index in [1.807, 2.05) is 6.07 Å². The number of piperidine rings is 1. The predicted molar refractivity (Wildman–Crippen MR) is 134 cm³/mol. The first kappa shape index (κ1) is 22.7. The van der Waals surface area contributed by atoms with Gasteiger partial charge in [-0.3, -0.25) is 0 Å². The lowest BCUT2D eigenvalue weighted by atomic mass is 9.87. The van der Waals surface area contributed by atoms with E-state index in [1.165, 1.54) is 33.3 Å². The summed E-state index contributed by atoms with van der Waals surface area (Å²) in [6.45, 7) is 3.93. The lowest BCUT2D eigenvalue weighted by Gasteiger charge is -2.36. The molecule has 1 N–H and O–H groups in total. The number of aliphatic hydroxyl groups excluding tert-OH is 1. The van der Waals surface area contributed by atoms with Crippen molar-refractivity contribution in [3.63, 3.8) is 0 Å². The van der Waals surface area contributed by atoms with Gasteiger partial charge in [-0.05, 0) is 92.8 Å². The van der Waals surface area contributed by atoms with Crippen LogP contribution in [0.1, 0.15) is 30.9 Å². The number of fused-ring (bicyclic) bond motifs is 2. The van der Waals surface area contributed by atoms with E-state index in [0.717, 1.165) is 56.0 Å². The van der Waals surface area contributed by atoms with E-state index < -0.39 is 6.10 Å². The molecule has 1 unspecified atom stereocenters. The number of hydrogen-bond donors (Lipinski definition) is 1. The molecule has 0 saturated carbocycles. The molecule has 0 aromatic heterocycles. The minimum Gasteiger partial charge on any atom is -0.388 e. The number of anilines is 2. The standard InChI is InChI=1S/C27H28ClFN2OS/c28-21-8-11-26-24(18-21)31(23-4-1-2-5-25(23)33-26)15-3-14-30-16-12-20(13-17-30)27(32)19-6-9-22(29)10-7-19/h1-2,4-11,18,20,27,32H,3,12-17H2. The van der Waals surface area contributed by atoms with E-state index in [4.69, 9.17) is 11.6 Å². The van der Waals surface area contributed by atoms with Crippen molar-refractivity contribution < 1.29 is 9.50 Å². The van der Waals surface area contributed by atoms with Crippen molar-refractivity contribution >= 4 is 34.7 Å². The Morgan fingerprint density at radius 1 is 0.939 bits per heavy atom. The van der Waals surface area contributed by atoms with E-state index in [1.54, 1.807) is 23.9 Å². The van der Waals surface area contributed by atoms with Crippen molar-refractivity contribution in [3.05, 3.63) is 83.1 Å². The first-order chi connectivity index (χ1) is 16.1. The van der Waals surface area contributed by atoms with Crippen LogP contribution in [0.25, 0.3) is 0 Å². The summed E-state index contributed by atoms with van der Waals surface area (Å²) >= 11 is 8.14. The van der Waals surface area contributed by atoms with Crippen LogP contribution in [0.2, 0.25) is 5.02 Å². The Bertz CT molecular complexity index is 1100. The van der Waals surface area contributed by atoms with Crippen LogP contribution in [-0.4, -0.2) is 36.2 Å². The maximum absolute atomic E-state index is 13.2. The van der Waals surface area contributed by atoms with E-state index in [9.17, 15) is 9.50 Å². The summed E-state index contributed by atoms with van der Waals surface area (Å²) in [5.74, 6) is -0.0349. The largest absolute Gasteiger partial charge is 0.388 e. The van der Waals surface area contributed by atoms with Crippen molar-refractivity contribution in [2.75, 3.05) is 31.1 Å². The SMILES string of the molecule is OC(c1ccc(F)cc1)C1CCN(CCCN2c3ccccc3Sc3ccc(Cl)cc32)CC1. The second kappa shape index (κ2) is 10.1. The molecule has 33 heavy (non-hydrogen) atoms. The highest BCUT2D eigenvalue weighted by molar-refractivity contribution is 7.99. The third-order valence-electron chi connectivity index (χ3n) is 6.73. The second-order valence-corrected chi connectivity index (χ2v) is 10.4. The molecule has 172 valence electrons. The number of aliphatic hydroxyl groups is 1. The Morgan fingerprint density at radius 2 is 1.67 bits per heavy atom. The molecular formula is C27H28ClFN2OS. The van der Waals surface area contributed by atoms with Crippen molar-refractivity contribution in [1.82, 2.24) is 4.90 Å². The van der Waals surface area contributed by atoms with Crippen LogP contribution in [0.3, 0.4) is 0 Å². The van der Waals surface area contributed by atoms with E-state index in [0.29, 0.717) is 0 Å². The zero-order valence-electron chi connectivity index (χ0n) is 18.5. The first-order valence-corrected chi connectivity index (χ1v) is 12.8. The monoisotopic (exact) mass is 482 g/mol. The minimum atomic E-state index is -0.517. The fourth-order valence-corrected chi connectivity index (χ4v) is 6.16. The Hall–Kier alpha value is -2.05. The van der Waals surface area contributed by atoms with Gasteiger partial charge in [-0.1, -0.05) is 47.6 Å². The number of hydrogen-bond acceptors (Lipinski definition) is 4. The minimum absolute atomic E-state index is 0.228. The van der Waals surface area contributed by atoms with Crippen LogP contribution in [-0.2, 0) is 0 Å². The molecule has 1 fully saturated rings. The molecule has 3 nitrogen and oxygen atoms in total. The molecule has 0 radical (unpaired) electrons. The van der Waals surface area contributed by atoms with Crippen LogP contribution < -0.4 is 4.90 Å². The quantitative estimate of drug-likeness (QED) is 0.412. The molecule has 1 atom stereocenters. The molecule has 0 spiro atoms. The maximum atomic E-state index is 13.2. The Labute approximate surface area is 204 Å². The zero-order chi connectivity index (χ0) is 22.8. The third-order valence-corrected chi connectivity index (χ3v) is 8.10. The summed E-state index contributed by atoms with van der Waals surface area (Å²) in [7, 11) is 0. The first-order valence-electron chi connectivity index (χ1n) is 11.6. The van der Waals surface area contributed by atoms with Crippen LogP contribution in [0, 0.1) is 11.7 Å². The second-order valence-electron chi connectivity index (χ2n) is 8.86. The molecule has 0 bridgehead atoms. The molecule has 0 aliphatic carbocycles. The molecule has 5 rings (SSSR count). The van der Waals surface area contributed by atoms with Crippen LogP contribution in [0.4, 0.5) is 15.8 Å². The normalized spacial score (nSPS) is 17.5. The molecule has 0 amide bonds. The van der Waals surface area contributed by atoms with Gasteiger partial charge in [0.25, 0.3) is 0 Å². The van der Waals surface area contributed by atoms with Crippen molar-refractivity contribution in [3.8, 4) is 0 Å². The summed E-state index contributed by atoms with van der Waals surface area (Å²) in [5, 5.41) is 11.5. The fraction of sp³-hybridized carbons (Fsp3) is 0.333. The molecule has 2 heterocycles. The highest BCUT2D eigenvalue weighted by Gasteiger charge is 2.27. The molecular weight excluding hydrogens is 455 g/mol. The van der Waals surface area contributed by atoms with E-state index in [-0.39, 0.29) is 11.7 Å². The molecule has 3 aromatic rings. The third kappa shape index (κ3) is 5.07. The van der Waals surface area contributed by atoms with Crippen LogP contribution in [0.5, 0.6) is 0 Å². The molecule has 2 aliphatic heterocycles. The van der Waals surface area contributed by atoms with Gasteiger partial charge in [0.2, 0.25) is 0 Å². The topological polar surface area (TPSA) is 26.7 Å². The van der Waals surface area contributed by atoms with Crippen molar-refractivity contribution in [1.29, 1.82) is 0 Å².